The van der Waals surface area contributed by atoms with Crippen molar-refractivity contribution in [2.24, 2.45) is 0 Å². The first-order chi connectivity index (χ1) is 8.95. The molecular weight excluding hydrogens is 290 g/mol. The number of hydrogen-bond donors (Lipinski definition) is 1. The molecule has 0 spiro atoms. The third-order valence-electron chi connectivity index (χ3n) is 2.78. The highest BCUT2D eigenvalue weighted by atomic mass is 35.5. The zero-order valence-electron chi connectivity index (χ0n) is 10.1. The maximum atomic E-state index is 13.1. The molecule has 0 saturated heterocycles. The van der Waals surface area contributed by atoms with Gasteiger partial charge in [0.15, 0.2) is 0 Å². The van der Waals surface area contributed by atoms with E-state index in [4.69, 9.17) is 28.9 Å². The van der Waals surface area contributed by atoms with E-state index < -0.39 is 5.82 Å². The van der Waals surface area contributed by atoms with E-state index in [2.05, 4.69) is 0 Å². The van der Waals surface area contributed by atoms with Gasteiger partial charge in [-0.15, -0.1) is 0 Å². The predicted molar refractivity (Wildman–Crippen MR) is 76.2 cm³/mol. The van der Waals surface area contributed by atoms with Gasteiger partial charge in [0.1, 0.15) is 10.8 Å². The standard InChI is InChI=1S/C13H11Cl2FN2O/c1-2-18-12(11(17)6-10(15)13(18)19)8-4-3-7(16)5-9(8)14/h3-6H,2,17H2,1H3. The molecule has 100 valence electrons. The van der Waals surface area contributed by atoms with E-state index in [9.17, 15) is 9.18 Å². The molecule has 6 heteroatoms. The Labute approximate surface area is 119 Å². The van der Waals surface area contributed by atoms with Gasteiger partial charge in [0.25, 0.3) is 5.56 Å². The highest BCUT2D eigenvalue weighted by molar-refractivity contribution is 6.33. The maximum absolute atomic E-state index is 13.1. The van der Waals surface area contributed by atoms with Crippen LogP contribution in [0.5, 0.6) is 0 Å². The van der Waals surface area contributed by atoms with Gasteiger partial charge in [0, 0.05) is 12.1 Å². The van der Waals surface area contributed by atoms with Crippen LogP contribution in [0.25, 0.3) is 11.3 Å². The minimum Gasteiger partial charge on any atom is -0.397 e. The number of aromatic nitrogens is 1. The van der Waals surface area contributed by atoms with Gasteiger partial charge in [-0.05, 0) is 31.2 Å². The molecule has 0 aliphatic carbocycles. The summed E-state index contributed by atoms with van der Waals surface area (Å²) in [4.78, 5) is 12.0. The van der Waals surface area contributed by atoms with Crippen LogP contribution >= 0.6 is 23.2 Å². The van der Waals surface area contributed by atoms with Crippen LogP contribution in [0, 0.1) is 5.82 Å². The maximum Gasteiger partial charge on any atom is 0.269 e. The number of anilines is 1. The second kappa shape index (κ2) is 5.23. The van der Waals surface area contributed by atoms with Crippen LogP contribution in [-0.2, 0) is 6.54 Å². The Kier molecular flexibility index (Phi) is 3.83. The van der Waals surface area contributed by atoms with E-state index >= 15 is 0 Å². The van der Waals surface area contributed by atoms with Crippen molar-refractivity contribution < 1.29 is 4.39 Å². The van der Waals surface area contributed by atoms with Crippen LogP contribution < -0.4 is 11.3 Å². The minimum absolute atomic E-state index is 0.0429. The number of benzene rings is 1. The van der Waals surface area contributed by atoms with Crippen LogP contribution in [0.4, 0.5) is 10.1 Å². The van der Waals surface area contributed by atoms with E-state index in [1.165, 1.54) is 28.8 Å². The van der Waals surface area contributed by atoms with Crippen molar-refractivity contribution in [1.29, 1.82) is 0 Å². The molecule has 0 bridgehead atoms. The molecule has 0 saturated carbocycles. The van der Waals surface area contributed by atoms with Gasteiger partial charge in [-0.3, -0.25) is 4.79 Å². The van der Waals surface area contributed by atoms with Crippen molar-refractivity contribution in [3.8, 4) is 11.3 Å². The molecule has 0 fully saturated rings. The number of hydrogen-bond acceptors (Lipinski definition) is 2. The summed E-state index contributed by atoms with van der Waals surface area (Å²) in [5.41, 5.74) is 6.82. The largest absolute Gasteiger partial charge is 0.397 e. The Hall–Kier alpha value is -1.52. The normalized spacial score (nSPS) is 10.7. The number of nitrogen functional groups attached to an aromatic ring is 1. The van der Waals surface area contributed by atoms with Crippen molar-refractivity contribution in [2.75, 3.05) is 5.73 Å². The monoisotopic (exact) mass is 300 g/mol. The van der Waals surface area contributed by atoms with Gasteiger partial charge < -0.3 is 10.3 Å². The SMILES string of the molecule is CCn1c(-c2ccc(F)cc2Cl)c(N)cc(Cl)c1=O. The molecule has 2 N–H and O–H groups in total. The summed E-state index contributed by atoms with van der Waals surface area (Å²) in [5.74, 6) is -0.452. The first-order valence-corrected chi connectivity index (χ1v) is 6.35. The number of nitrogens with two attached hydrogens (primary N) is 1. The average molecular weight is 301 g/mol. The Morgan fingerprint density at radius 3 is 2.53 bits per heavy atom. The highest BCUT2D eigenvalue weighted by Crippen LogP contribution is 2.32. The molecule has 1 aromatic carbocycles. The van der Waals surface area contributed by atoms with Gasteiger partial charge >= 0.3 is 0 Å². The molecule has 0 aliphatic heterocycles. The van der Waals surface area contributed by atoms with E-state index in [0.717, 1.165) is 0 Å². The number of rotatable bonds is 2. The molecule has 3 nitrogen and oxygen atoms in total. The van der Waals surface area contributed by atoms with Crippen molar-refractivity contribution in [2.45, 2.75) is 13.5 Å². The summed E-state index contributed by atoms with van der Waals surface area (Å²) in [6, 6.07) is 5.31. The third kappa shape index (κ3) is 2.46. The average Bonchev–Trinajstić information content (AvgIpc) is 2.34. The van der Waals surface area contributed by atoms with Crippen LogP contribution in [0.1, 0.15) is 6.92 Å². The predicted octanol–water partition coefficient (Wildman–Crippen LogP) is 3.56. The second-order valence-electron chi connectivity index (χ2n) is 3.97. The molecular formula is C13H11Cl2FN2O. The topological polar surface area (TPSA) is 48.0 Å². The summed E-state index contributed by atoms with van der Waals surface area (Å²) >= 11 is 11.8. The molecule has 1 aromatic heterocycles. The van der Waals surface area contributed by atoms with Gasteiger partial charge in [-0.2, -0.15) is 0 Å². The fourth-order valence-electron chi connectivity index (χ4n) is 1.94. The van der Waals surface area contributed by atoms with Crippen LogP contribution in [0.15, 0.2) is 29.1 Å². The summed E-state index contributed by atoms with van der Waals surface area (Å²) < 4.78 is 14.5. The summed E-state index contributed by atoms with van der Waals surface area (Å²) in [6.45, 7) is 2.17. The van der Waals surface area contributed by atoms with Gasteiger partial charge in [0.05, 0.1) is 16.4 Å². The number of nitrogens with zero attached hydrogens (tertiary/aromatic N) is 1. The zero-order valence-corrected chi connectivity index (χ0v) is 11.6. The Morgan fingerprint density at radius 2 is 1.95 bits per heavy atom. The Morgan fingerprint density at radius 1 is 1.26 bits per heavy atom. The molecule has 19 heavy (non-hydrogen) atoms. The summed E-state index contributed by atoms with van der Waals surface area (Å²) in [5, 5.41) is 0.233. The quantitative estimate of drug-likeness (QED) is 0.922. The lowest BCUT2D eigenvalue weighted by Gasteiger charge is -2.15. The summed E-state index contributed by atoms with van der Waals surface area (Å²) in [7, 11) is 0. The van der Waals surface area contributed by atoms with Gasteiger partial charge in [-0.25, -0.2) is 4.39 Å². The molecule has 2 aromatic rings. The first kappa shape index (κ1) is 13.9. The fraction of sp³-hybridized carbons (Fsp3) is 0.154. The van der Waals surface area contributed by atoms with Crippen molar-refractivity contribution in [1.82, 2.24) is 4.57 Å². The third-order valence-corrected chi connectivity index (χ3v) is 3.36. The molecule has 0 unspecified atom stereocenters. The lowest BCUT2D eigenvalue weighted by Crippen LogP contribution is -2.22. The highest BCUT2D eigenvalue weighted by Gasteiger charge is 2.15. The van der Waals surface area contributed by atoms with Gasteiger partial charge in [-0.1, -0.05) is 23.2 Å². The molecule has 0 radical (unpaired) electrons. The number of pyridine rings is 1. The Balaban J connectivity index is 2.82. The molecule has 0 amide bonds. The van der Waals surface area contributed by atoms with Crippen molar-refractivity contribution >= 4 is 28.9 Å². The lowest BCUT2D eigenvalue weighted by molar-refractivity contribution is 0.628. The number of halogens is 3. The van der Waals surface area contributed by atoms with Crippen LogP contribution in [0.2, 0.25) is 10.0 Å². The fourth-order valence-corrected chi connectivity index (χ4v) is 2.41. The summed E-state index contributed by atoms with van der Waals surface area (Å²) in [6.07, 6.45) is 0. The van der Waals surface area contributed by atoms with Crippen LogP contribution in [-0.4, -0.2) is 4.57 Å². The lowest BCUT2D eigenvalue weighted by atomic mass is 10.1. The Bertz CT molecular complexity index is 698. The molecule has 0 atom stereocenters. The molecule has 1 heterocycles. The van der Waals surface area contributed by atoms with E-state index in [0.29, 0.717) is 23.5 Å². The molecule has 2 rings (SSSR count). The van der Waals surface area contributed by atoms with Crippen LogP contribution in [0.3, 0.4) is 0 Å². The minimum atomic E-state index is -0.452. The van der Waals surface area contributed by atoms with Crippen molar-refractivity contribution in [3.63, 3.8) is 0 Å². The smallest absolute Gasteiger partial charge is 0.269 e. The van der Waals surface area contributed by atoms with Crippen molar-refractivity contribution in [3.05, 3.63) is 50.5 Å². The van der Waals surface area contributed by atoms with E-state index in [1.807, 2.05) is 0 Å². The van der Waals surface area contributed by atoms with E-state index in [1.54, 1.807) is 6.92 Å². The zero-order chi connectivity index (χ0) is 14.2. The van der Waals surface area contributed by atoms with E-state index in [-0.39, 0.29) is 15.6 Å². The van der Waals surface area contributed by atoms with Gasteiger partial charge in [0.2, 0.25) is 0 Å². The second-order valence-corrected chi connectivity index (χ2v) is 4.78. The first-order valence-electron chi connectivity index (χ1n) is 5.60. The molecule has 0 aliphatic rings.